The number of aliphatic carboxylic acids is 1. The molecular formula is C16H21NO2. The second kappa shape index (κ2) is 5.33. The number of carboxylic acid groups (broad SMARTS) is 1. The van der Waals surface area contributed by atoms with E-state index in [2.05, 4.69) is 29.2 Å². The van der Waals surface area contributed by atoms with Crippen molar-refractivity contribution in [3.8, 4) is 0 Å². The standard InChI is InChI=1S/C16H21NO2/c18-16(19)15-5-2-10-17(15)11-12-6-8-14(9-7-12)13-3-1-4-13/h6-9,13,15H,1-5,10-11H2,(H,18,19). The third-order valence-electron chi connectivity index (χ3n) is 4.59. The Labute approximate surface area is 114 Å². The maximum absolute atomic E-state index is 11.2. The highest BCUT2D eigenvalue weighted by Crippen LogP contribution is 2.36. The van der Waals surface area contributed by atoms with E-state index in [1.54, 1.807) is 0 Å². The van der Waals surface area contributed by atoms with Crippen molar-refractivity contribution in [2.75, 3.05) is 6.54 Å². The quantitative estimate of drug-likeness (QED) is 0.903. The molecule has 0 bridgehead atoms. The molecule has 1 unspecified atom stereocenters. The van der Waals surface area contributed by atoms with Crippen LogP contribution in [0.1, 0.15) is 49.1 Å². The lowest BCUT2D eigenvalue weighted by Crippen LogP contribution is -2.35. The summed E-state index contributed by atoms with van der Waals surface area (Å²) in [5, 5.41) is 9.18. The van der Waals surface area contributed by atoms with Gasteiger partial charge in [0.25, 0.3) is 0 Å². The molecule has 1 atom stereocenters. The zero-order valence-electron chi connectivity index (χ0n) is 11.2. The largest absolute Gasteiger partial charge is 0.480 e. The minimum absolute atomic E-state index is 0.286. The zero-order chi connectivity index (χ0) is 13.2. The van der Waals surface area contributed by atoms with E-state index in [1.807, 2.05) is 0 Å². The van der Waals surface area contributed by atoms with E-state index in [1.165, 1.54) is 30.4 Å². The molecule has 1 aromatic rings. The van der Waals surface area contributed by atoms with Gasteiger partial charge in [-0.2, -0.15) is 0 Å². The van der Waals surface area contributed by atoms with Gasteiger partial charge >= 0.3 is 5.97 Å². The Kier molecular flexibility index (Phi) is 3.56. The average Bonchev–Trinajstić information content (AvgIpc) is 2.77. The number of nitrogens with zero attached hydrogens (tertiary/aromatic N) is 1. The summed E-state index contributed by atoms with van der Waals surface area (Å²) < 4.78 is 0. The molecule has 3 nitrogen and oxygen atoms in total. The van der Waals surface area contributed by atoms with Gasteiger partial charge in [-0.3, -0.25) is 9.69 Å². The Hall–Kier alpha value is -1.35. The monoisotopic (exact) mass is 259 g/mol. The van der Waals surface area contributed by atoms with Crippen LogP contribution in [0.4, 0.5) is 0 Å². The number of benzene rings is 1. The van der Waals surface area contributed by atoms with Gasteiger partial charge in [0.1, 0.15) is 6.04 Å². The van der Waals surface area contributed by atoms with Crippen LogP contribution in [0.2, 0.25) is 0 Å². The van der Waals surface area contributed by atoms with E-state index >= 15 is 0 Å². The summed E-state index contributed by atoms with van der Waals surface area (Å²) >= 11 is 0. The van der Waals surface area contributed by atoms with E-state index in [0.717, 1.165) is 31.8 Å². The molecule has 1 saturated carbocycles. The van der Waals surface area contributed by atoms with E-state index in [4.69, 9.17) is 0 Å². The minimum Gasteiger partial charge on any atom is -0.480 e. The topological polar surface area (TPSA) is 40.5 Å². The van der Waals surface area contributed by atoms with Crippen LogP contribution in [0.25, 0.3) is 0 Å². The number of rotatable bonds is 4. The Morgan fingerprint density at radius 3 is 2.47 bits per heavy atom. The van der Waals surface area contributed by atoms with Crippen LogP contribution in [-0.2, 0) is 11.3 Å². The molecule has 2 aliphatic rings. The predicted molar refractivity (Wildman–Crippen MR) is 74.1 cm³/mol. The first kappa shape index (κ1) is 12.7. The Balaban J connectivity index is 1.64. The predicted octanol–water partition coefficient (Wildman–Crippen LogP) is 3.00. The Bertz CT molecular complexity index is 450. The molecule has 1 aliphatic carbocycles. The molecule has 1 aliphatic heterocycles. The summed E-state index contributed by atoms with van der Waals surface area (Å²) in [6.45, 7) is 1.67. The highest BCUT2D eigenvalue weighted by atomic mass is 16.4. The third-order valence-corrected chi connectivity index (χ3v) is 4.59. The van der Waals surface area contributed by atoms with Crippen LogP contribution < -0.4 is 0 Å². The lowest BCUT2D eigenvalue weighted by Gasteiger charge is -2.26. The zero-order valence-corrected chi connectivity index (χ0v) is 11.2. The second-order valence-corrected chi connectivity index (χ2v) is 5.84. The molecule has 0 amide bonds. The minimum atomic E-state index is -0.677. The van der Waals surface area contributed by atoms with Crippen molar-refractivity contribution in [1.29, 1.82) is 0 Å². The fraction of sp³-hybridized carbons (Fsp3) is 0.562. The highest BCUT2D eigenvalue weighted by molar-refractivity contribution is 5.73. The highest BCUT2D eigenvalue weighted by Gasteiger charge is 2.30. The molecule has 1 saturated heterocycles. The van der Waals surface area contributed by atoms with Crippen LogP contribution in [0, 0.1) is 0 Å². The summed E-state index contributed by atoms with van der Waals surface area (Å²) in [7, 11) is 0. The van der Waals surface area contributed by atoms with Gasteiger partial charge in [0.2, 0.25) is 0 Å². The van der Waals surface area contributed by atoms with Crippen LogP contribution in [-0.4, -0.2) is 28.6 Å². The van der Waals surface area contributed by atoms with Gasteiger partial charge in [0, 0.05) is 6.54 Å². The van der Waals surface area contributed by atoms with Gasteiger partial charge in [-0.25, -0.2) is 0 Å². The van der Waals surface area contributed by atoms with Crippen molar-refractivity contribution in [3.63, 3.8) is 0 Å². The van der Waals surface area contributed by atoms with Gasteiger partial charge < -0.3 is 5.11 Å². The smallest absolute Gasteiger partial charge is 0.320 e. The SMILES string of the molecule is O=C(O)C1CCCN1Cc1ccc(C2CCC2)cc1. The first-order valence-corrected chi connectivity index (χ1v) is 7.30. The number of carboxylic acids is 1. The molecule has 102 valence electrons. The lowest BCUT2D eigenvalue weighted by molar-refractivity contribution is -0.142. The molecule has 0 spiro atoms. The number of likely N-dealkylation sites (tertiary alicyclic amines) is 1. The van der Waals surface area contributed by atoms with Crippen LogP contribution >= 0.6 is 0 Å². The van der Waals surface area contributed by atoms with E-state index < -0.39 is 5.97 Å². The average molecular weight is 259 g/mol. The van der Waals surface area contributed by atoms with Crippen LogP contribution in [0.3, 0.4) is 0 Å². The van der Waals surface area contributed by atoms with Crippen molar-refractivity contribution in [2.24, 2.45) is 0 Å². The normalized spacial score (nSPS) is 24.3. The molecular weight excluding hydrogens is 238 g/mol. The number of hydrogen-bond donors (Lipinski definition) is 1. The fourth-order valence-electron chi connectivity index (χ4n) is 3.17. The molecule has 1 aromatic carbocycles. The number of hydrogen-bond acceptors (Lipinski definition) is 2. The van der Waals surface area contributed by atoms with Gasteiger partial charge in [0.05, 0.1) is 0 Å². The molecule has 2 fully saturated rings. The molecule has 1 heterocycles. The maximum atomic E-state index is 11.2. The van der Waals surface area contributed by atoms with Gasteiger partial charge in [-0.15, -0.1) is 0 Å². The first-order valence-electron chi connectivity index (χ1n) is 7.30. The Morgan fingerprint density at radius 1 is 1.16 bits per heavy atom. The molecule has 19 heavy (non-hydrogen) atoms. The van der Waals surface area contributed by atoms with Crippen molar-refractivity contribution >= 4 is 5.97 Å². The van der Waals surface area contributed by atoms with E-state index in [0.29, 0.717) is 0 Å². The van der Waals surface area contributed by atoms with Crippen molar-refractivity contribution in [2.45, 2.75) is 50.6 Å². The number of carbonyl (C=O) groups is 1. The first-order chi connectivity index (χ1) is 9.24. The molecule has 1 N–H and O–H groups in total. The summed E-state index contributed by atoms with van der Waals surface area (Å²) in [6, 6.07) is 8.51. The summed E-state index contributed by atoms with van der Waals surface area (Å²) in [5.74, 6) is 0.0937. The third kappa shape index (κ3) is 2.66. The van der Waals surface area contributed by atoms with Crippen molar-refractivity contribution < 1.29 is 9.90 Å². The van der Waals surface area contributed by atoms with Gasteiger partial charge in [0.15, 0.2) is 0 Å². The molecule has 0 aromatic heterocycles. The summed E-state index contributed by atoms with van der Waals surface area (Å²) in [6.07, 6.45) is 5.80. The van der Waals surface area contributed by atoms with Crippen molar-refractivity contribution in [1.82, 2.24) is 4.90 Å². The van der Waals surface area contributed by atoms with E-state index in [-0.39, 0.29) is 6.04 Å². The molecule has 3 heteroatoms. The van der Waals surface area contributed by atoms with Crippen LogP contribution in [0.15, 0.2) is 24.3 Å². The van der Waals surface area contributed by atoms with Gasteiger partial charge in [-0.1, -0.05) is 30.7 Å². The van der Waals surface area contributed by atoms with Crippen molar-refractivity contribution in [3.05, 3.63) is 35.4 Å². The Morgan fingerprint density at radius 2 is 1.89 bits per heavy atom. The lowest BCUT2D eigenvalue weighted by atomic mass is 9.80. The summed E-state index contributed by atoms with van der Waals surface area (Å²) in [4.78, 5) is 13.2. The molecule has 3 rings (SSSR count). The van der Waals surface area contributed by atoms with E-state index in [9.17, 15) is 9.90 Å². The summed E-state index contributed by atoms with van der Waals surface area (Å²) in [5.41, 5.74) is 2.68. The molecule has 0 radical (unpaired) electrons. The van der Waals surface area contributed by atoms with Gasteiger partial charge in [-0.05, 0) is 49.3 Å². The maximum Gasteiger partial charge on any atom is 0.320 e. The second-order valence-electron chi connectivity index (χ2n) is 5.84. The van der Waals surface area contributed by atoms with Crippen LogP contribution in [0.5, 0.6) is 0 Å². The fourth-order valence-corrected chi connectivity index (χ4v) is 3.17.